The number of hydrogen-bond donors (Lipinski definition) is 1. The molecular weight excluding hydrogens is 270 g/mol. The van der Waals surface area contributed by atoms with Crippen LogP contribution in [0.2, 0.25) is 0 Å². The predicted molar refractivity (Wildman–Crippen MR) is 91.3 cm³/mol. The maximum absolute atomic E-state index is 5.56. The zero-order valence-corrected chi connectivity index (χ0v) is 13.1. The topological polar surface area (TPSA) is 21.3 Å². The molecule has 2 heteroatoms. The minimum Gasteiger partial charge on any atom is -0.495 e. The van der Waals surface area contributed by atoms with Crippen molar-refractivity contribution in [2.45, 2.75) is 31.7 Å². The van der Waals surface area contributed by atoms with E-state index in [9.17, 15) is 0 Å². The van der Waals surface area contributed by atoms with Crippen LogP contribution in [-0.4, -0.2) is 13.2 Å². The van der Waals surface area contributed by atoms with Gasteiger partial charge in [-0.25, -0.2) is 0 Å². The second-order valence-corrected chi connectivity index (χ2v) is 6.71. The molecule has 0 radical (unpaired) electrons. The lowest BCUT2D eigenvalue weighted by Crippen LogP contribution is -2.26. The summed E-state index contributed by atoms with van der Waals surface area (Å²) in [6.07, 6.45) is 5.56. The van der Waals surface area contributed by atoms with Gasteiger partial charge in [0.15, 0.2) is 0 Å². The third-order valence-electron chi connectivity index (χ3n) is 5.39. The van der Waals surface area contributed by atoms with Crippen LogP contribution >= 0.6 is 0 Å². The van der Waals surface area contributed by atoms with Crippen LogP contribution in [0.4, 0.5) is 5.69 Å². The van der Waals surface area contributed by atoms with E-state index in [0.717, 1.165) is 23.3 Å². The lowest BCUT2D eigenvalue weighted by atomic mass is 9.95. The first-order valence-electron chi connectivity index (χ1n) is 8.33. The highest BCUT2D eigenvalue weighted by Gasteiger charge is 2.39. The highest BCUT2D eigenvalue weighted by Crippen LogP contribution is 2.46. The molecule has 3 atom stereocenters. The summed E-state index contributed by atoms with van der Waals surface area (Å²) in [6, 6.07) is 17.6. The second kappa shape index (κ2) is 5.68. The zero-order valence-electron chi connectivity index (χ0n) is 13.1. The van der Waals surface area contributed by atoms with Crippen LogP contribution in [0.15, 0.2) is 48.5 Å². The molecule has 2 aromatic carbocycles. The first kappa shape index (κ1) is 13.7. The van der Waals surface area contributed by atoms with Crippen LogP contribution in [0.3, 0.4) is 0 Å². The molecule has 2 nitrogen and oxygen atoms in total. The molecule has 4 rings (SSSR count). The Hall–Kier alpha value is -1.96. The van der Waals surface area contributed by atoms with E-state index in [4.69, 9.17) is 4.74 Å². The number of anilines is 1. The highest BCUT2D eigenvalue weighted by atomic mass is 16.5. The smallest absolute Gasteiger partial charge is 0.141 e. The van der Waals surface area contributed by atoms with Gasteiger partial charge in [-0.15, -0.1) is 0 Å². The molecule has 2 aromatic rings. The summed E-state index contributed by atoms with van der Waals surface area (Å²) in [5.41, 5.74) is 3.63. The number of rotatable bonds is 4. The van der Waals surface area contributed by atoms with Crippen molar-refractivity contribution in [1.29, 1.82) is 0 Å². The Morgan fingerprint density at radius 1 is 0.955 bits per heavy atom. The Bertz CT molecular complexity index is 652. The van der Waals surface area contributed by atoms with Crippen molar-refractivity contribution >= 4 is 5.69 Å². The highest BCUT2D eigenvalue weighted by molar-refractivity contribution is 5.72. The van der Waals surface area contributed by atoms with Crippen LogP contribution < -0.4 is 10.1 Å². The van der Waals surface area contributed by atoms with Crippen LogP contribution in [0.1, 0.15) is 25.7 Å². The molecule has 0 spiro atoms. The molecule has 2 aliphatic carbocycles. The van der Waals surface area contributed by atoms with E-state index in [1.807, 2.05) is 0 Å². The average Bonchev–Trinajstić information content (AvgIpc) is 3.18. The van der Waals surface area contributed by atoms with Gasteiger partial charge in [-0.1, -0.05) is 42.8 Å². The molecular formula is C20H23NO. The van der Waals surface area contributed by atoms with E-state index in [0.29, 0.717) is 6.04 Å². The van der Waals surface area contributed by atoms with E-state index in [-0.39, 0.29) is 0 Å². The quantitative estimate of drug-likeness (QED) is 0.860. The van der Waals surface area contributed by atoms with Crippen molar-refractivity contribution in [2.24, 2.45) is 11.8 Å². The number of hydrogen-bond acceptors (Lipinski definition) is 2. The molecule has 0 saturated heterocycles. The van der Waals surface area contributed by atoms with E-state index >= 15 is 0 Å². The Morgan fingerprint density at radius 2 is 1.82 bits per heavy atom. The fourth-order valence-electron chi connectivity index (χ4n) is 4.25. The Kier molecular flexibility index (Phi) is 3.53. The van der Waals surface area contributed by atoms with Crippen molar-refractivity contribution in [3.05, 3.63) is 48.5 Å². The minimum absolute atomic E-state index is 0.624. The summed E-state index contributed by atoms with van der Waals surface area (Å²) in [4.78, 5) is 0. The zero-order chi connectivity index (χ0) is 14.9. The molecule has 114 valence electrons. The van der Waals surface area contributed by atoms with Gasteiger partial charge in [0.1, 0.15) is 5.75 Å². The number of benzene rings is 2. The largest absolute Gasteiger partial charge is 0.495 e. The molecule has 2 fully saturated rings. The summed E-state index contributed by atoms with van der Waals surface area (Å²) in [5.74, 6) is 2.75. The summed E-state index contributed by atoms with van der Waals surface area (Å²) in [6.45, 7) is 0. The maximum Gasteiger partial charge on any atom is 0.141 e. The average molecular weight is 293 g/mol. The van der Waals surface area contributed by atoms with Crippen molar-refractivity contribution in [2.75, 3.05) is 12.4 Å². The number of fused-ring (bicyclic) bond motifs is 2. The van der Waals surface area contributed by atoms with Crippen molar-refractivity contribution in [3.63, 3.8) is 0 Å². The van der Waals surface area contributed by atoms with Gasteiger partial charge in [-0.2, -0.15) is 0 Å². The molecule has 2 aliphatic rings. The molecule has 0 aromatic heterocycles. The first-order chi connectivity index (χ1) is 10.8. The normalized spacial score (nSPS) is 26.1. The molecule has 0 aliphatic heterocycles. The molecule has 0 unspecified atom stereocenters. The summed E-state index contributed by atoms with van der Waals surface area (Å²) < 4.78 is 5.56. The van der Waals surface area contributed by atoms with Crippen molar-refractivity contribution < 1.29 is 4.74 Å². The summed E-state index contributed by atoms with van der Waals surface area (Å²) in [7, 11) is 1.75. The van der Waals surface area contributed by atoms with Crippen LogP contribution in [-0.2, 0) is 0 Å². The molecule has 0 heterocycles. The van der Waals surface area contributed by atoms with Gasteiger partial charge in [-0.05, 0) is 54.4 Å². The van der Waals surface area contributed by atoms with Gasteiger partial charge in [0.25, 0.3) is 0 Å². The van der Waals surface area contributed by atoms with Crippen molar-refractivity contribution in [1.82, 2.24) is 0 Å². The fraction of sp³-hybridized carbons (Fsp3) is 0.400. The van der Waals surface area contributed by atoms with Crippen molar-refractivity contribution in [3.8, 4) is 16.9 Å². The van der Waals surface area contributed by atoms with Gasteiger partial charge in [0, 0.05) is 6.04 Å². The molecule has 2 saturated carbocycles. The van der Waals surface area contributed by atoms with E-state index in [1.54, 1.807) is 7.11 Å². The predicted octanol–water partition coefficient (Wildman–Crippen LogP) is 4.96. The Labute approximate surface area is 132 Å². The van der Waals surface area contributed by atoms with Gasteiger partial charge in [-0.3, -0.25) is 0 Å². The lowest BCUT2D eigenvalue weighted by molar-refractivity contribution is 0.410. The number of methoxy groups -OCH3 is 1. The minimum atomic E-state index is 0.624. The number of nitrogens with one attached hydrogen (secondary N) is 1. The van der Waals surface area contributed by atoms with Crippen LogP contribution in [0.5, 0.6) is 5.75 Å². The molecule has 22 heavy (non-hydrogen) atoms. The van der Waals surface area contributed by atoms with Gasteiger partial charge >= 0.3 is 0 Å². The standard InChI is InChI=1S/C20H23NO/c1-22-20-10-9-16(15-5-3-2-4-6-15)13-19(20)21-18-12-14-7-8-17(18)11-14/h2-6,9-10,13-14,17-18,21H,7-8,11-12H2,1H3/t14-,17-,18-/m0/s1. The van der Waals surface area contributed by atoms with Gasteiger partial charge in [0.2, 0.25) is 0 Å². The van der Waals surface area contributed by atoms with E-state index in [2.05, 4.69) is 53.8 Å². The summed E-state index contributed by atoms with van der Waals surface area (Å²) in [5, 5.41) is 3.78. The molecule has 2 bridgehead atoms. The van der Waals surface area contributed by atoms with Crippen LogP contribution in [0.25, 0.3) is 11.1 Å². The van der Waals surface area contributed by atoms with Gasteiger partial charge < -0.3 is 10.1 Å². The first-order valence-corrected chi connectivity index (χ1v) is 8.33. The monoisotopic (exact) mass is 293 g/mol. The Balaban J connectivity index is 1.62. The molecule has 0 amide bonds. The Morgan fingerprint density at radius 3 is 2.50 bits per heavy atom. The fourth-order valence-corrected chi connectivity index (χ4v) is 4.25. The van der Waals surface area contributed by atoms with Crippen LogP contribution in [0, 0.1) is 11.8 Å². The third-order valence-corrected chi connectivity index (χ3v) is 5.39. The molecule has 1 N–H and O–H groups in total. The third kappa shape index (κ3) is 2.47. The van der Waals surface area contributed by atoms with Gasteiger partial charge in [0.05, 0.1) is 12.8 Å². The lowest BCUT2D eigenvalue weighted by Gasteiger charge is -2.25. The van der Waals surface area contributed by atoms with E-state index in [1.165, 1.54) is 36.8 Å². The van der Waals surface area contributed by atoms with E-state index < -0.39 is 0 Å². The SMILES string of the molecule is COc1ccc(-c2ccccc2)cc1N[C@H]1C[C@H]2CC[C@H]1C2. The second-order valence-electron chi connectivity index (χ2n) is 6.71. The maximum atomic E-state index is 5.56. The summed E-state index contributed by atoms with van der Waals surface area (Å²) >= 11 is 0. The number of ether oxygens (including phenoxy) is 1.